The normalized spacial score (nSPS) is 19.1. The van der Waals surface area contributed by atoms with Crippen LogP contribution in [0.25, 0.3) is 0 Å². The largest absolute Gasteiger partial charge is 0.489 e. The number of pyridine rings is 1. The first-order chi connectivity index (χ1) is 15.7. The van der Waals surface area contributed by atoms with E-state index >= 15 is 0 Å². The second kappa shape index (κ2) is 11.0. The number of aryl methyl sites for hydroxylation is 1. The van der Waals surface area contributed by atoms with Crippen molar-refractivity contribution >= 4 is 23.6 Å². The summed E-state index contributed by atoms with van der Waals surface area (Å²) in [7, 11) is 1.58. The third-order valence-corrected chi connectivity index (χ3v) is 6.51. The first-order valence-corrected chi connectivity index (χ1v) is 12.0. The molecule has 2 aromatic rings. The van der Waals surface area contributed by atoms with Crippen LogP contribution in [0.15, 0.2) is 42.6 Å². The number of ether oxygens (including phenoxy) is 3. The fourth-order valence-electron chi connectivity index (χ4n) is 3.16. The molecule has 0 bridgehead atoms. The lowest BCUT2D eigenvalue weighted by atomic mass is 9.97. The van der Waals surface area contributed by atoms with E-state index < -0.39 is 11.5 Å². The molecule has 0 spiro atoms. The van der Waals surface area contributed by atoms with Gasteiger partial charge in [0.15, 0.2) is 11.7 Å². The first kappa shape index (κ1) is 25.1. The molecule has 0 radical (unpaired) electrons. The standard InChI is InChI=1S/C25H32N2O5S/c1-6-18-10-9-17(14-26-18)20(32-23(29)25(2,3)4)15-31-19-11-7-16(8-12-19)13-21-22(28)27-24(30-5)33-21/h7-12,14,20-21,24H,6,13,15H2,1-5H3,(H,27,28)/t20-,21?,24?/m0/s1. The number of esters is 1. The van der Waals surface area contributed by atoms with Crippen molar-refractivity contribution in [1.82, 2.24) is 10.3 Å². The lowest BCUT2D eigenvalue weighted by Gasteiger charge is -2.24. The highest BCUT2D eigenvalue weighted by Gasteiger charge is 2.32. The molecule has 0 aliphatic carbocycles. The number of nitrogens with one attached hydrogen (secondary N) is 1. The zero-order chi connectivity index (χ0) is 24.0. The van der Waals surface area contributed by atoms with Crippen LogP contribution in [-0.2, 0) is 31.9 Å². The monoisotopic (exact) mass is 472 g/mol. The number of rotatable bonds is 9. The van der Waals surface area contributed by atoms with Crippen molar-refractivity contribution < 1.29 is 23.8 Å². The van der Waals surface area contributed by atoms with E-state index in [4.69, 9.17) is 14.2 Å². The predicted octanol–water partition coefficient (Wildman–Crippen LogP) is 4.06. The van der Waals surface area contributed by atoms with E-state index in [2.05, 4.69) is 10.3 Å². The molecule has 1 saturated heterocycles. The summed E-state index contributed by atoms with van der Waals surface area (Å²) < 4.78 is 16.9. The Kier molecular flexibility index (Phi) is 8.37. The molecule has 8 heteroatoms. The highest BCUT2D eigenvalue weighted by Crippen LogP contribution is 2.28. The molecule has 1 fully saturated rings. The van der Waals surface area contributed by atoms with Gasteiger partial charge in [0.05, 0.1) is 10.7 Å². The van der Waals surface area contributed by atoms with Gasteiger partial charge in [-0.05, 0) is 57.4 Å². The highest BCUT2D eigenvalue weighted by atomic mass is 32.2. The van der Waals surface area contributed by atoms with Gasteiger partial charge >= 0.3 is 5.97 Å². The molecule has 2 unspecified atom stereocenters. The molecular weight excluding hydrogens is 440 g/mol. The summed E-state index contributed by atoms with van der Waals surface area (Å²) in [5.74, 6) is 0.345. The van der Waals surface area contributed by atoms with Crippen LogP contribution in [0.3, 0.4) is 0 Å². The highest BCUT2D eigenvalue weighted by molar-refractivity contribution is 8.01. The molecule has 1 aliphatic heterocycles. The fraction of sp³-hybridized carbons (Fsp3) is 0.480. The Hall–Kier alpha value is -2.58. The third-order valence-electron chi connectivity index (χ3n) is 5.24. The van der Waals surface area contributed by atoms with Gasteiger partial charge in [-0.2, -0.15) is 0 Å². The maximum absolute atomic E-state index is 12.5. The van der Waals surface area contributed by atoms with Gasteiger partial charge in [0.25, 0.3) is 0 Å². The van der Waals surface area contributed by atoms with E-state index in [0.29, 0.717) is 12.2 Å². The zero-order valence-electron chi connectivity index (χ0n) is 19.8. The van der Waals surface area contributed by atoms with Gasteiger partial charge in [-0.15, -0.1) is 0 Å². The molecular formula is C25H32N2O5S. The van der Waals surface area contributed by atoms with Gasteiger partial charge < -0.3 is 19.5 Å². The number of carbonyl (C=O) groups is 2. The Morgan fingerprint density at radius 3 is 2.45 bits per heavy atom. The molecule has 2 heterocycles. The number of benzene rings is 1. The zero-order valence-corrected chi connectivity index (χ0v) is 20.6. The van der Waals surface area contributed by atoms with Crippen LogP contribution >= 0.6 is 11.8 Å². The van der Waals surface area contributed by atoms with Crippen LogP contribution in [0.4, 0.5) is 0 Å². The van der Waals surface area contributed by atoms with Crippen LogP contribution in [0.1, 0.15) is 50.6 Å². The Morgan fingerprint density at radius 2 is 1.91 bits per heavy atom. The van der Waals surface area contributed by atoms with Crippen LogP contribution in [0, 0.1) is 5.41 Å². The van der Waals surface area contributed by atoms with E-state index in [-0.39, 0.29) is 29.3 Å². The Labute approximate surface area is 199 Å². The summed E-state index contributed by atoms with van der Waals surface area (Å²) in [5.41, 5.74) is 1.88. The lowest BCUT2D eigenvalue weighted by molar-refractivity contribution is -0.160. The van der Waals surface area contributed by atoms with E-state index in [9.17, 15) is 9.59 Å². The van der Waals surface area contributed by atoms with Gasteiger partial charge in [-0.3, -0.25) is 14.6 Å². The number of hydrogen-bond donors (Lipinski definition) is 1. The summed E-state index contributed by atoms with van der Waals surface area (Å²) in [6, 6.07) is 11.5. The molecule has 1 aromatic carbocycles. The number of carbonyl (C=O) groups excluding carboxylic acids is 2. The smallest absolute Gasteiger partial charge is 0.311 e. The van der Waals surface area contributed by atoms with Gasteiger partial charge in [0.1, 0.15) is 12.4 Å². The fourth-order valence-corrected chi connectivity index (χ4v) is 4.23. The second-order valence-electron chi connectivity index (χ2n) is 8.94. The van der Waals surface area contributed by atoms with Gasteiger partial charge in [0, 0.05) is 24.6 Å². The molecule has 7 nitrogen and oxygen atoms in total. The van der Waals surface area contributed by atoms with E-state index in [0.717, 1.165) is 23.2 Å². The number of nitrogens with zero attached hydrogens (tertiary/aromatic N) is 1. The minimum absolute atomic E-state index is 0.0154. The van der Waals surface area contributed by atoms with Crippen LogP contribution in [0.5, 0.6) is 5.75 Å². The van der Waals surface area contributed by atoms with Crippen LogP contribution in [-0.4, -0.2) is 41.4 Å². The van der Waals surface area contributed by atoms with E-state index in [1.54, 1.807) is 13.3 Å². The van der Waals surface area contributed by atoms with E-state index in [1.807, 2.05) is 64.1 Å². The minimum Gasteiger partial charge on any atom is -0.489 e. The average Bonchev–Trinajstić information content (AvgIpc) is 3.16. The minimum atomic E-state index is -0.622. The van der Waals surface area contributed by atoms with Crippen LogP contribution in [0.2, 0.25) is 0 Å². The summed E-state index contributed by atoms with van der Waals surface area (Å²) in [6.07, 6.45) is 2.61. The first-order valence-electron chi connectivity index (χ1n) is 11.1. The second-order valence-corrected chi connectivity index (χ2v) is 10.2. The summed E-state index contributed by atoms with van der Waals surface area (Å²) >= 11 is 1.47. The van der Waals surface area contributed by atoms with Crippen molar-refractivity contribution in [2.24, 2.45) is 5.41 Å². The molecule has 3 rings (SSSR count). The van der Waals surface area contributed by atoms with Crippen molar-refractivity contribution in [2.45, 2.75) is 57.5 Å². The maximum atomic E-state index is 12.5. The van der Waals surface area contributed by atoms with Crippen molar-refractivity contribution in [3.05, 3.63) is 59.4 Å². The molecule has 178 valence electrons. The lowest BCUT2D eigenvalue weighted by Crippen LogP contribution is -2.29. The van der Waals surface area contributed by atoms with Crippen molar-refractivity contribution in [3.8, 4) is 5.75 Å². The van der Waals surface area contributed by atoms with Gasteiger partial charge in [0.2, 0.25) is 5.91 Å². The van der Waals surface area contributed by atoms with Crippen molar-refractivity contribution in [2.75, 3.05) is 13.7 Å². The van der Waals surface area contributed by atoms with Gasteiger partial charge in [-0.1, -0.05) is 36.9 Å². The molecule has 1 amide bonds. The molecule has 1 aliphatic rings. The number of thioether (sulfide) groups is 1. The van der Waals surface area contributed by atoms with Gasteiger partial charge in [-0.25, -0.2) is 0 Å². The quantitative estimate of drug-likeness (QED) is 0.551. The summed E-state index contributed by atoms with van der Waals surface area (Å²) in [5, 5.41) is 2.62. The number of hydrogen-bond acceptors (Lipinski definition) is 7. The van der Waals surface area contributed by atoms with Crippen molar-refractivity contribution in [3.63, 3.8) is 0 Å². The molecule has 33 heavy (non-hydrogen) atoms. The molecule has 1 N–H and O–H groups in total. The van der Waals surface area contributed by atoms with Crippen LogP contribution < -0.4 is 10.1 Å². The summed E-state index contributed by atoms with van der Waals surface area (Å²) in [4.78, 5) is 29.0. The van der Waals surface area contributed by atoms with Crippen molar-refractivity contribution in [1.29, 1.82) is 0 Å². The molecule has 0 saturated carbocycles. The summed E-state index contributed by atoms with van der Waals surface area (Å²) in [6.45, 7) is 7.68. The molecule has 3 atom stereocenters. The number of methoxy groups -OCH3 is 1. The molecule has 1 aromatic heterocycles. The predicted molar refractivity (Wildman–Crippen MR) is 128 cm³/mol. The number of amides is 1. The maximum Gasteiger partial charge on any atom is 0.311 e. The Bertz CT molecular complexity index is 941. The number of aromatic nitrogens is 1. The topological polar surface area (TPSA) is 86.8 Å². The Balaban J connectivity index is 1.64. The van der Waals surface area contributed by atoms with E-state index in [1.165, 1.54) is 11.8 Å². The average molecular weight is 473 g/mol. The SMILES string of the molecule is CCc1ccc([C@H](COc2ccc(CC3SC(OC)NC3=O)cc2)OC(=O)C(C)(C)C)cn1. The third kappa shape index (κ3) is 6.95. The Morgan fingerprint density at radius 1 is 1.18 bits per heavy atom.